The summed E-state index contributed by atoms with van der Waals surface area (Å²) in [5.41, 5.74) is -0.0502. The number of ether oxygens (including phenoxy) is 2. The molecule has 9 heteroatoms. The van der Waals surface area contributed by atoms with Gasteiger partial charge in [0.05, 0.1) is 45.0 Å². The number of halogens is 4. The van der Waals surface area contributed by atoms with E-state index in [4.69, 9.17) is 21.1 Å². The van der Waals surface area contributed by atoms with Crippen LogP contribution in [0.4, 0.5) is 18.9 Å². The van der Waals surface area contributed by atoms with Crippen molar-refractivity contribution in [2.45, 2.75) is 12.3 Å². The maximum absolute atomic E-state index is 12.9. The van der Waals surface area contributed by atoms with Crippen LogP contribution in [-0.2, 0) is 10.9 Å². The van der Waals surface area contributed by atoms with Crippen LogP contribution in [0.15, 0.2) is 48.5 Å². The Morgan fingerprint density at radius 2 is 1.77 bits per heavy atom. The molecule has 1 fully saturated rings. The summed E-state index contributed by atoms with van der Waals surface area (Å²) in [5.74, 6) is 0.705. The van der Waals surface area contributed by atoms with Crippen LogP contribution in [0.25, 0.3) is 0 Å². The van der Waals surface area contributed by atoms with Crippen molar-refractivity contribution in [1.29, 1.82) is 0 Å². The van der Waals surface area contributed by atoms with E-state index in [1.807, 2.05) is 4.90 Å². The number of quaternary nitrogens is 1. The number of hydrogen-bond acceptors (Lipinski definition) is 4. The molecular formula is C22H27ClF3N2O3+. The number of benzene rings is 2. The lowest BCUT2D eigenvalue weighted by Crippen LogP contribution is -3.16. The molecule has 1 aliphatic heterocycles. The predicted octanol–water partition coefficient (Wildman–Crippen LogP) is 2.52. The van der Waals surface area contributed by atoms with Crippen molar-refractivity contribution in [2.24, 2.45) is 0 Å². The van der Waals surface area contributed by atoms with Gasteiger partial charge in [0.1, 0.15) is 25.0 Å². The molecule has 2 aromatic rings. The Labute approximate surface area is 184 Å². The minimum atomic E-state index is -4.34. The van der Waals surface area contributed by atoms with Gasteiger partial charge in [-0.1, -0.05) is 17.7 Å². The van der Waals surface area contributed by atoms with Crippen molar-refractivity contribution in [3.05, 3.63) is 59.1 Å². The minimum absolute atomic E-state index is 0.213. The molecule has 3 rings (SSSR count). The third-order valence-corrected chi connectivity index (χ3v) is 5.41. The van der Waals surface area contributed by atoms with E-state index in [1.165, 1.54) is 17.0 Å². The van der Waals surface area contributed by atoms with Crippen LogP contribution < -0.4 is 14.5 Å². The maximum Gasteiger partial charge on any atom is 0.416 e. The lowest BCUT2D eigenvalue weighted by molar-refractivity contribution is -0.903. The van der Waals surface area contributed by atoms with Gasteiger partial charge in [0.2, 0.25) is 0 Å². The number of aliphatic hydroxyl groups excluding tert-OH is 1. The molecule has 1 heterocycles. The van der Waals surface area contributed by atoms with Crippen LogP contribution in [-0.4, -0.2) is 63.8 Å². The van der Waals surface area contributed by atoms with Crippen molar-refractivity contribution >= 4 is 17.3 Å². The van der Waals surface area contributed by atoms with Crippen LogP contribution in [0, 0.1) is 0 Å². The molecule has 2 N–H and O–H groups in total. The fourth-order valence-corrected chi connectivity index (χ4v) is 3.65. The molecule has 2 aromatic carbocycles. The molecule has 0 bridgehead atoms. The van der Waals surface area contributed by atoms with Gasteiger partial charge in [0.15, 0.2) is 0 Å². The number of rotatable bonds is 9. The molecule has 1 saturated heterocycles. The average Bonchev–Trinajstić information content (AvgIpc) is 2.75. The van der Waals surface area contributed by atoms with Gasteiger partial charge >= 0.3 is 6.18 Å². The molecule has 0 aromatic heterocycles. The highest BCUT2D eigenvalue weighted by Gasteiger charge is 2.31. The Hall–Kier alpha value is -2.00. The Morgan fingerprint density at radius 1 is 1.06 bits per heavy atom. The maximum atomic E-state index is 12.9. The summed E-state index contributed by atoms with van der Waals surface area (Å²) in [4.78, 5) is 3.16. The Balaban J connectivity index is 1.32. The normalized spacial score (nSPS) is 16.4. The Bertz CT molecular complexity index is 812. The van der Waals surface area contributed by atoms with E-state index in [9.17, 15) is 18.3 Å². The summed E-state index contributed by atoms with van der Waals surface area (Å²) in [6, 6.07) is 12.5. The van der Waals surface area contributed by atoms with E-state index in [-0.39, 0.29) is 6.61 Å². The number of anilines is 1. The van der Waals surface area contributed by atoms with Crippen molar-refractivity contribution in [3.8, 4) is 5.75 Å². The number of alkyl halides is 3. The first-order chi connectivity index (χ1) is 14.8. The van der Waals surface area contributed by atoms with Gasteiger partial charge in [-0.25, -0.2) is 0 Å². The highest BCUT2D eigenvalue weighted by atomic mass is 35.5. The monoisotopic (exact) mass is 459 g/mol. The highest BCUT2D eigenvalue weighted by Crippen LogP contribution is 2.31. The van der Waals surface area contributed by atoms with E-state index in [1.54, 1.807) is 30.3 Å². The number of nitrogens with zero attached hydrogens (tertiary/aromatic N) is 1. The van der Waals surface area contributed by atoms with Crippen LogP contribution >= 0.6 is 11.6 Å². The van der Waals surface area contributed by atoms with Gasteiger partial charge < -0.3 is 24.4 Å². The first-order valence-electron chi connectivity index (χ1n) is 10.2. The lowest BCUT2D eigenvalue weighted by Gasteiger charge is -2.34. The number of nitrogens with one attached hydrogen (secondary N) is 1. The topological polar surface area (TPSA) is 46.4 Å². The summed E-state index contributed by atoms with van der Waals surface area (Å²) < 4.78 is 49.8. The summed E-state index contributed by atoms with van der Waals surface area (Å²) in [6.07, 6.45) is -4.95. The standard InChI is InChI=1S/C22H26ClF3N2O3/c23-18-4-6-21(7-5-18)31-13-12-30-16-20(29)15-27-8-10-28(11-9-27)19-3-1-2-17(14-19)22(24,25)26/h1-7,14,20,29H,8-13,15-16H2/p+1/t20-/m1/s1. The van der Waals surface area contributed by atoms with Crippen LogP contribution in [0.1, 0.15) is 5.56 Å². The zero-order valence-corrected chi connectivity index (χ0v) is 17.8. The fourth-order valence-electron chi connectivity index (χ4n) is 3.52. The molecule has 0 spiro atoms. The number of aliphatic hydroxyl groups is 1. The smallest absolute Gasteiger partial charge is 0.416 e. The van der Waals surface area contributed by atoms with Gasteiger partial charge in [-0.2, -0.15) is 13.2 Å². The van der Waals surface area contributed by atoms with Gasteiger partial charge in [-0.3, -0.25) is 0 Å². The molecule has 31 heavy (non-hydrogen) atoms. The van der Waals surface area contributed by atoms with E-state index in [0.29, 0.717) is 49.3 Å². The van der Waals surface area contributed by atoms with Crippen molar-refractivity contribution < 1.29 is 32.7 Å². The minimum Gasteiger partial charge on any atom is -0.491 e. The summed E-state index contributed by atoms with van der Waals surface area (Å²) in [7, 11) is 0. The van der Waals surface area contributed by atoms with Gasteiger partial charge in [0, 0.05) is 10.7 Å². The van der Waals surface area contributed by atoms with E-state index in [2.05, 4.69) is 0 Å². The van der Waals surface area contributed by atoms with E-state index in [0.717, 1.165) is 19.2 Å². The van der Waals surface area contributed by atoms with E-state index >= 15 is 0 Å². The molecule has 0 amide bonds. The van der Waals surface area contributed by atoms with Crippen molar-refractivity contribution in [1.82, 2.24) is 0 Å². The summed E-state index contributed by atoms with van der Waals surface area (Å²) in [5, 5.41) is 10.9. The zero-order valence-electron chi connectivity index (χ0n) is 17.1. The van der Waals surface area contributed by atoms with Crippen molar-refractivity contribution in [2.75, 3.05) is 57.4 Å². The lowest BCUT2D eigenvalue weighted by atomic mass is 10.1. The third-order valence-electron chi connectivity index (χ3n) is 5.15. The summed E-state index contributed by atoms with van der Waals surface area (Å²) in [6.45, 7) is 4.24. The average molecular weight is 460 g/mol. The highest BCUT2D eigenvalue weighted by molar-refractivity contribution is 6.30. The molecule has 0 unspecified atom stereocenters. The van der Waals surface area contributed by atoms with Gasteiger partial charge in [0.25, 0.3) is 0 Å². The largest absolute Gasteiger partial charge is 0.491 e. The molecule has 1 atom stereocenters. The second kappa shape index (κ2) is 11.0. The van der Waals surface area contributed by atoms with E-state index < -0.39 is 17.8 Å². The molecule has 1 aliphatic rings. The quantitative estimate of drug-likeness (QED) is 0.566. The summed E-state index contributed by atoms with van der Waals surface area (Å²) >= 11 is 5.82. The first-order valence-corrected chi connectivity index (χ1v) is 10.6. The molecule has 0 saturated carbocycles. The van der Waals surface area contributed by atoms with Crippen LogP contribution in [0.3, 0.4) is 0 Å². The fraction of sp³-hybridized carbons (Fsp3) is 0.455. The second-order valence-electron chi connectivity index (χ2n) is 7.52. The first kappa shape index (κ1) is 23.7. The predicted molar refractivity (Wildman–Crippen MR) is 113 cm³/mol. The molecular weight excluding hydrogens is 433 g/mol. The van der Waals surface area contributed by atoms with Crippen LogP contribution in [0.2, 0.25) is 5.02 Å². The Kier molecular flexibility index (Phi) is 8.43. The third kappa shape index (κ3) is 7.57. The molecule has 5 nitrogen and oxygen atoms in total. The van der Waals surface area contributed by atoms with Gasteiger partial charge in [-0.15, -0.1) is 0 Å². The van der Waals surface area contributed by atoms with Crippen molar-refractivity contribution in [3.63, 3.8) is 0 Å². The zero-order chi connectivity index (χ0) is 22.3. The molecule has 0 aliphatic carbocycles. The molecule has 170 valence electrons. The molecule has 0 radical (unpaired) electrons. The number of piperazine rings is 1. The van der Waals surface area contributed by atoms with Crippen LogP contribution in [0.5, 0.6) is 5.75 Å². The SMILES string of the molecule is O[C@@H](COCCOc1ccc(Cl)cc1)C[NH+]1CCN(c2cccc(C(F)(F)F)c2)CC1. The Morgan fingerprint density at radius 3 is 2.45 bits per heavy atom. The second-order valence-corrected chi connectivity index (χ2v) is 7.96. The number of hydrogen-bond donors (Lipinski definition) is 2. The van der Waals surface area contributed by atoms with Gasteiger partial charge in [-0.05, 0) is 42.5 Å².